The number of thioether (sulfide) groups is 1. The second-order valence-corrected chi connectivity index (χ2v) is 10.5. The summed E-state index contributed by atoms with van der Waals surface area (Å²) in [6, 6.07) is 4.10. The summed E-state index contributed by atoms with van der Waals surface area (Å²) in [7, 11) is -1.89. The van der Waals surface area contributed by atoms with Gasteiger partial charge >= 0.3 is 0 Å². The maximum absolute atomic E-state index is 14.2. The first-order chi connectivity index (χ1) is 12.4. The molecule has 1 saturated heterocycles. The molecule has 4 rings (SSSR count). The van der Waals surface area contributed by atoms with E-state index in [0.717, 1.165) is 18.0 Å². The monoisotopic (exact) mass is 415 g/mol. The molecule has 1 saturated carbocycles. The summed E-state index contributed by atoms with van der Waals surface area (Å²) in [5.74, 6) is -0.246. The molecule has 0 spiro atoms. The van der Waals surface area contributed by atoms with E-state index < -0.39 is 15.8 Å². The third kappa shape index (κ3) is 3.17. The van der Waals surface area contributed by atoms with Gasteiger partial charge in [0.15, 0.2) is 11.0 Å². The quantitative estimate of drug-likeness (QED) is 0.767. The Labute approximate surface area is 161 Å². The average Bonchev–Trinajstić information content (AvgIpc) is 3.26. The molecule has 2 atom stereocenters. The van der Waals surface area contributed by atoms with Crippen LogP contribution in [0.2, 0.25) is 5.02 Å². The fourth-order valence-corrected chi connectivity index (χ4v) is 7.14. The SMILES string of the molecule is Cn1ccnc1SC1C[C@@H]2CN(S(=O)(=O)c3cccc(Cl)c3F)C[C@H]2C1. The van der Waals surface area contributed by atoms with Crippen LogP contribution in [-0.4, -0.2) is 40.6 Å². The average molecular weight is 416 g/mol. The molecule has 5 nitrogen and oxygen atoms in total. The van der Waals surface area contributed by atoms with Crippen LogP contribution < -0.4 is 0 Å². The number of hydrogen-bond acceptors (Lipinski definition) is 4. The summed E-state index contributed by atoms with van der Waals surface area (Å²) in [6.07, 6.45) is 5.61. The van der Waals surface area contributed by atoms with Crippen molar-refractivity contribution in [2.45, 2.75) is 28.1 Å². The van der Waals surface area contributed by atoms with E-state index in [1.54, 1.807) is 18.0 Å². The van der Waals surface area contributed by atoms with Crippen LogP contribution in [0.1, 0.15) is 12.8 Å². The van der Waals surface area contributed by atoms with Gasteiger partial charge in [-0.1, -0.05) is 29.4 Å². The van der Waals surface area contributed by atoms with Gasteiger partial charge < -0.3 is 4.57 Å². The molecule has 2 fully saturated rings. The molecule has 2 aliphatic rings. The largest absolute Gasteiger partial charge is 0.329 e. The lowest BCUT2D eigenvalue weighted by Crippen LogP contribution is -2.31. The van der Waals surface area contributed by atoms with E-state index >= 15 is 0 Å². The van der Waals surface area contributed by atoms with Crippen molar-refractivity contribution in [3.8, 4) is 0 Å². The predicted molar refractivity (Wildman–Crippen MR) is 99.2 cm³/mol. The van der Waals surface area contributed by atoms with Crippen molar-refractivity contribution in [1.29, 1.82) is 0 Å². The van der Waals surface area contributed by atoms with Gasteiger partial charge in [-0.3, -0.25) is 0 Å². The van der Waals surface area contributed by atoms with Crippen molar-refractivity contribution in [3.05, 3.63) is 41.4 Å². The molecule has 1 aromatic heterocycles. The lowest BCUT2D eigenvalue weighted by molar-refractivity contribution is 0.441. The Kier molecular flexibility index (Phi) is 4.79. The summed E-state index contributed by atoms with van der Waals surface area (Å²) >= 11 is 7.51. The first-order valence-corrected chi connectivity index (χ1v) is 11.1. The van der Waals surface area contributed by atoms with Gasteiger partial charge in [0.05, 0.1) is 5.02 Å². The van der Waals surface area contributed by atoms with Crippen molar-refractivity contribution in [2.75, 3.05) is 13.1 Å². The molecular weight excluding hydrogens is 397 g/mol. The summed E-state index contributed by atoms with van der Waals surface area (Å²) in [5.41, 5.74) is 0. The van der Waals surface area contributed by atoms with Gasteiger partial charge in [-0.25, -0.2) is 17.8 Å². The maximum Gasteiger partial charge on any atom is 0.246 e. The Bertz CT molecular complexity index is 920. The third-order valence-electron chi connectivity index (χ3n) is 5.26. The van der Waals surface area contributed by atoms with Crippen LogP contribution in [-0.2, 0) is 17.1 Å². The molecule has 0 unspecified atom stereocenters. The van der Waals surface area contributed by atoms with E-state index in [-0.39, 0.29) is 9.92 Å². The summed E-state index contributed by atoms with van der Waals surface area (Å²) in [6.45, 7) is 0.882. The minimum absolute atomic E-state index is 0.169. The van der Waals surface area contributed by atoms with Crippen molar-refractivity contribution in [2.24, 2.45) is 18.9 Å². The van der Waals surface area contributed by atoms with E-state index in [0.29, 0.717) is 30.2 Å². The molecule has 9 heteroatoms. The predicted octanol–water partition coefficient (Wildman–Crippen LogP) is 3.40. The lowest BCUT2D eigenvalue weighted by atomic mass is 10.0. The second kappa shape index (κ2) is 6.82. The Hall–Kier alpha value is -1.09. The number of rotatable bonds is 4. The van der Waals surface area contributed by atoms with Gasteiger partial charge in [0.2, 0.25) is 10.0 Å². The fraction of sp³-hybridized carbons (Fsp3) is 0.471. The Morgan fingerprint density at radius 2 is 1.96 bits per heavy atom. The highest BCUT2D eigenvalue weighted by Crippen LogP contribution is 2.46. The first-order valence-electron chi connectivity index (χ1n) is 8.44. The van der Waals surface area contributed by atoms with Crippen molar-refractivity contribution >= 4 is 33.4 Å². The molecule has 140 valence electrons. The smallest absolute Gasteiger partial charge is 0.246 e. The minimum atomic E-state index is -3.86. The van der Waals surface area contributed by atoms with E-state index in [1.807, 2.05) is 17.8 Å². The van der Waals surface area contributed by atoms with Crippen LogP contribution in [0.5, 0.6) is 0 Å². The Morgan fingerprint density at radius 3 is 2.58 bits per heavy atom. The third-order valence-corrected chi connectivity index (χ3v) is 8.72. The molecule has 0 radical (unpaired) electrons. The molecule has 0 bridgehead atoms. The highest BCUT2D eigenvalue weighted by molar-refractivity contribution is 7.99. The van der Waals surface area contributed by atoms with Crippen molar-refractivity contribution < 1.29 is 12.8 Å². The molecule has 26 heavy (non-hydrogen) atoms. The zero-order chi connectivity index (χ0) is 18.5. The number of sulfonamides is 1. The molecule has 1 aliphatic carbocycles. The van der Waals surface area contributed by atoms with E-state index in [9.17, 15) is 12.8 Å². The topological polar surface area (TPSA) is 55.2 Å². The Balaban J connectivity index is 1.46. The van der Waals surface area contributed by atoms with Crippen LogP contribution in [0.25, 0.3) is 0 Å². The number of fused-ring (bicyclic) bond motifs is 1. The Morgan fingerprint density at radius 1 is 1.27 bits per heavy atom. The number of imidazole rings is 1. The lowest BCUT2D eigenvalue weighted by Gasteiger charge is -2.19. The number of aryl methyl sites for hydroxylation is 1. The highest BCUT2D eigenvalue weighted by Gasteiger charge is 2.45. The second-order valence-electron chi connectivity index (χ2n) is 6.93. The van der Waals surface area contributed by atoms with Crippen LogP contribution in [0.15, 0.2) is 40.6 Å². The number of halogens is 2. The van der Waals surface area contributed by atoms with Crippen molar-refractivity contribution in [1.82, 2.24) is 13.9 Å². The van der Waals surface area contributed by atoms with Gasteiger partial charge in [0.1, 0.15) is 4.90 Å². The molecule has 1 aromatic carbocycles. The van der Waals surface area contributed by atoms with Crippen LogP contribution >= 0.6 is 23.4 Å². The molecular formula is C17H19ClFN3O2S2. The normalized spacial score (nSPS) is 24.3. The van der Waals surface area contributed by atoms with Crippen molar-refractivity contribution in [3.63, 3.8) is 0 Å². The summed E-state index contributed by atoms with van der Waals surface area (Å²) in [4.78, 5) is 4.02. The zero-order valence-corrected chi connectivity index (χ0v) is 16.6. The van der Waals surface area contributed by atoms with Gasteiger partial charge in [-0.2, -0.15) is 4.31 Å². The number of aromatic nitrogens is 2. The molecule has 0 amide bonds. The standard InChI is InChI=1S/C17H19ClFN3O2S2/c1-21-6-5-20-17(21)25-13-7-11-9-22(10-12(11)8-13)26(23,24)15-4-2-3-14(18)16(15)19/h2-6,11-13H,7-10H2,1H3/t11-,12-/m1/s1. The van der Waals surface area contributed by atoms with E-state index in [2.05, 4.69) is 4.98 Å². The van der Waals surface area contributed by atoms with Crippen LogP contribution in [0.4, 0.5) is 4.39 Å². The van der Waals surface area contributed by atoms with Gasteiger partial charge in [-0.15, -0.1) is 0 Å². The highest BCUT2D eigenvalue weighted by atomic mass is 35.5. The first kappa shape index (κ1) is 18.3. The number of nitrogens with zero attached hydrogens (tertiary/aromatic N) is 3. The molecule has 0 N–H and O–H groups in total. The molecule has 2 heterocycles. The number of hydrogen-bond donors (Lipinski definition) is 0. The van der Waals surface area contributed by atoms with E-state index in [4.69, 9.17) is 11.6 Å². The zero-order valence-electron chi connectivity index (χ0n) is 14.2. The van der Waals surface area contributed by atoms with E-state index in [1.165, 1.54) is 22.5 Å². The van der Waals surface area contributed by atoms with Gasteiger partial charge in [0, 0.05) is 37.8 Å². The van der Waals surface area contributed by atoms with Crippen LogP contribution in [0.3, 0.4) is 0 Å². The van der Waals surface area contributed by atoms with Crippen LogP contribution in [0, 0.1) is 17.7 Å². The van der Waals surface area contributed by atoms with Gasteiger partial charge in [0.25, 0.3) is 0 Å². The maximum atomic E-state index is 14.2. The summed E-state index contributed by atoms with van der Waals surface area (Å²) < 4.78 is 43.3. The number of benzene rings is 1. The molecule has 1 aliphatic heterocycles. The van der Waals surface area contributed by atoms with Gasteiger partial charge in [-0.05, 0) is 36.8 Å². The summed E-state index contributed by atoms with van der Waals surface area (Å²) in [5, 5.41) is 1.26. The molecule has 2 aromatic rings. The minimum Gasteiger partial charge on any atom is -0.329 e. The fourth-order valence-electron chi connectivity index (χ4n) is 3.93.